The highest BCUT2D eigenvalue weighted by molar-refractivity contribution is 5.85. The van der Waals surface area contributed by atoms with Gasteiger partial charge in [0.1, 0.15) is 5.54 Å². The Kier molecular flexibility index (Phi) is 7.66. The third-order valence-electron chi connectivity index (χ3n) is 4.29. The monoisotopic (exact) mass is 371 g/mol. The van der Waals surface area contributed by atoms with Gasteiger partial charge < -0.3 is 10.2 Å². The Balaban J connectivity index is 0.00000144. The van der Waals surface area contributed by atoms with E-state index in [4.69, 9.17) is 0 Å². The molecule has 2 aromatic rings. The highest BCUT2D eigenvalue weighted by Crippen LogP contribution is 2.29. The third kappa shape index (κ3) is 4.06. The van der Waals surface area contributed by atoms with E-state index >= 15 is 0 Å². The number of aromatic nitrogens is 3. The average molecular weight is 372 g/mol. The SMILES string of the molecule is CN(Cc1ccncc1)C(=O)C1(n2cccn2)CCNCC1.Cl.Cl. The van der Waals surface area contributed by atoms with Gasteiger partial charge in [-0.2, -0.15) is 5.10 Å². The second-order valence-electron chi connectivity index (χ2n) is 5.75. The van der Waals surface area contributed by atoms with Crippen LogP contribution in [0.1, 0.15) is 18.4 Å². The molecule has 0 unspecified atom stereocenters. The van der Waals surface area contributed by atoms with Crippen LogP contribution in [-0.2, 0) is 16.9 Å². The third-order valence-corrected chi connectivity index (χ3v) is 4.29. The van der Waals surface area contributed by atoms with Gasteiger partial charge in [-0.3, -0.25) is 14.5 Å². The number of hydrogen-bond acceptors (Lipinski definition) is 4. The van der Waals surface area contributed by atoms with E-state index in [-0.39, 0.29) is 30.7 Å². The Hall–Kier alpha value is -1.63. The first-order valence-electron chi connectivity index (χ1n) is 7.58. The highest BCUT2D eigenvalue weighted by Gasteiger charge is 2.43. The summed E-state index contributed by atoms with van der Waals surface area (Å²) in [6.07, 6.45) is 8.65. The summed E-state index contributed by atoms with van der Waals surface area (Å²) in [7, 11) is 1.86. The molecule has 1 N–H and O–H groups in total. The van der Waals surface area contributed by atoms with Crippen LogP contribution in [-0.4, -0.2) is 45.7 Å². The van der Waals surface area contributed by atoms with Crippen LogP contribution in [0.25, 0.3) is 0 Å². The van der Waals surface area contributed by atoms with Gasteiger partial charge in [0.25, 0.3) is 5.91 Å². The number of piperidine rings is 1. The lowest BCUT2D eigenvalue weighted by atomic mass is 9.86. The smallest absolute Gasteiger partial charge is 0.250 e. The molecule has 1 aliphatic heterocycles. The predicted octanol–water partition coefficient (Wildman–Crippen LogP) is 1.86. The fraction of sp³-hybridized carbons (Fsp3) is 0.438. The topological polar surface area (TPSA) is 63.1 Å². The molecular formula is C16H23Cl2N5O. The van der Waals surface area contributed by atoms with E-state index in [1.165, 1.54) is 0 Å². The maximum Gasteiger partial charge on any atom is 0.250 e. The molecule has 1 saturated heterocycles. The summed E-state index contributed by atoms with van der Waals surface area (Å²) < 4.78 is 1.83. The minimum absolute atomic E-state index is 0. The molecule has 0 aliphatic carbocycles. The van der Waals surface area contributed by atoms with Crippen molar-refractivity contribution in [3.63, 3.8) is 0 Å². The number of likely N-dealkylation sites (N-methyl/N-ethyl adjacent to an activating group) is 1. The van der Waals surface area contributed by atoms with Crippen molar-refractivity contribution in [3.05, 3.63) is 48.5 Å². The summed E-state index contributed by atoms with van der Waals surface area (Å²) in [6, 6.07) is 5.75. The van der Waals surface area contributed by atoms with Crippen LogP contribution < -0.4 is 5.32 Å². The summed E-state index contributed by atoms with van der Waals surface area (Å²) in [5.74, 6) is 0.120. The molecule has 1 aliphatic rings. The van der Waals surface area contributed by atoms with Gasteiger partial charge >= 0.3 is 0 Å². The van der Waals surface area contributed by atoms with Crippen molar-refractivity contribution in [2.45, 2.75) is 24.9 Å². The minimum Gasteiger partial charge on any atom is -0.339 e. The van der Waals surface area contributed by atoms with E-state index in [9.17, 15) is 4.79 Å². The number of amides is 1. The molecule has 3 heterocycles. The normalized spacial score (nSPS) is 15.7. The van der Waals surface area contributed by atoms with Crippen molar-refractivity contribution in [2.75, 3.05) is 20.1 Å². The Morgan fingerprint density at radius 3 is 2.50 bits per heavy atom. The number of rotatable bonds is 4. The number of hydrogen-bond donors (Lipinski definition) is 1. The Labute approximate surface area is 154 Å². The largest absolute Gasteiger partial charge is 0.339 e. The second kappa shape index (κ2) is 9.01. The highest BCUT2D eigenvalue weighted by atomic mass is 35.5. The lowest BCUT2D eigenvalue weighted by Crippen LogP contribution is -2.54. The first-order chi connectivity index (χ1) is 10.7. The summed E-state index contributed by atoms with van der Waals surface area (Å²) in [5, 5.41) is 7.68. The van der Waals surface area contributed by atoms with Gasteiger partial charge in [0.05, 0.1) is 0 Å². The fourth-order valence-electron chi connectivity index (χ4n) is 3.09. The standard InChI is InChI=1S/C16H21N5O.2ClH/c1-20(13-14-3-8-17-9-4-14)15(22)16(5-10-18-11-6-16)21-12-2-7-19-21;;/h2-4,7-9,12,18H,5-6,10-11,13H2,1H3;2*1H. The van der Waals surface area contributed by atoms with Crippen LogP contribution in [0.2, 0.25) is 0 Å². The molecule has 6 nitrogen and oxygen atoms in total. The first-order valence-corrected chi connectivity index (χ1v) is 7.58. The lowest BCUT2D eigenvalue weighted by molar-refractivity contribution is -0.142. The fourth-order valence-corrected chi connectivity index (χ4v) is 3.09. The van der Waals surface area contributed by atoms with Gasteiger partial charge in [0.2, 0.25) is 0 Å². The van der Waals surface area contributed by atoms with Crippen LogP contribution in [0.3, 0.4) is 0 Å². The molecule has 0 spiro atoms. The van der Waals surface area contributed by atoms with Gasteiger partial charge in [0, 0.05) is 38.4 Å². The Bertz CT molecular complexity index is 615. The predicted molar refractivity (Wildman–Crippen MR) is 97.5 cm³/mol. The average Bonchev–Trinajstić information content (AvgIpc) is 3.11. The van der Waals surface area contributed by atoms with Gasteiger partial charge in [-0.25, -0.2) is 0 Å². The zero-order chi connectivity index (χ0) is 15.4. The summed E-state index contributed by atoms with van der Waals surface area (Å²) in [5.41, 5.74) is 0.506. The molecule has 1 fully saturated rings. The number of carbonyl (C=O) groups excluding carboxylic acids is 1. The van der Waals surface area contributed by atoms with Gasteiger partial charge in [-0.05, 0) is 49.7 Å². The summed E-state index contributed by atoms with van der Waals surface area (Å²) in [6.45, 7) is 2.24. The maximum absolute atomic E-state index is 13.1. The number of halogens is 2. The molecule has 2 aromatic heterocycles. The Morgan fingerprint density at radius 1 is 1.25 bits per heavy atom. The molecule has 0 radical (unpaired) electrons. The molecule has 0 bridgehead atoms. The van der Waals surface area contributed by atoms with E-state index in [1.54, 1.807) is 23.5 Å². The second-order valence-corrected chi connectivity index (χ2v) is 5.75. The lowest BCUT2D eigenvalue weighted by Gasteiger charge is -2.39. The van der Waals surface area contributed by atoms with Gasteiger partial charge in [-0.1, -0.05) is 0 Å². The van der Waals surface area contributed by atoms with E-state index in [2.05, 4.69) is 15.4 Å². The van der Waals surface area contributed by atoms with Crippen molar-refractivity contribution in [3.8, 4) is 0 Å². The maximum atomic E-state index is 13.1. The molecule has 1 amide bonds. The zero-order valence-corrected chi connectivity index (χ0v) is 15.2. The Morgan fingerprint density at radius 2 is 1.92 bits per heavy atom. The van der Waals surface area contributed by atoms with E-state index in [1.807, 2.05) is 36.1 Å². The first kappa shape index (κ1) is 20.4. The van der Waals surface area contributed by atoms with E-state index in [0.717, 1.165) is 31.5 Å². The zero-order valence-electron chi connectivity index (χ0n) is 13.6. The van der Waals surface area contributed by atoms with E-state index in [0.29, 0.717) is 6.54 Å². The van der Waals surface area contributed by atoms with Crippen molar-refractivity contribution < 1.29 is 4.79 Å². The van der Waals surface area contributed by atoms with Crippen LogP contribution in [0.5, 0.6) is 0 Å². The van der Waals surface area contributed by atoms with Crippen LogP contribution in [0, 0.1) is 0 Å². The quantitative estimate of drug-likeness (QED) is 0.890. The van der Waals surface area contributed by atoms with Crippen molar-refractivity contribution >= 4 is 30.7 Å². The molecule has 24 heavy (non-hydrogen) atoms. The molecule has 132 valence electrons. The number of pyridine rings is 1. The van der Waals surface area contributed by atoms with Gasteiger partial charge in [-0.15, -0.1) is 24.8 Å². The van der Waals surface area contributed by atoms with Crippen LogP contribution in [0.15, 0.2) is 43.0 Å². The molecule has 0 saturated carbocycles. The molecular weight excluding hydrogens is 349 g/mol. The van der Waals surface area contributed by atoms with Gasteiger partial charge in [0.15, 0.2) is 0 Å². The van der Waals surface area contributed by atoms with Crippen LogP contribution in [0.4, 0.5) is 0 Å². The van der Waals surface area contributed by atoms with Crippen LogP contribution >= 0.6 is 24.8 Å². The number of carbonyl (C=O) groups is 1. The summed E-state index contributed by atoms with van der Waals surface area (Å²) in [4.78, 5) is 19.0. The molecule has 3 rings (SSSR count). The number of nitrogens with one attached hydrogen (secondary N) is 1. The number of nitrogens with zero attached hydrogens (tertiary/aromatic N) is 4. The molecule has 0 aromatic carbocycles. The minimum atomic E-state index is -0.573. The molecule has 0 atom stereocenters. The van der Waals surface area contributed by atoms with Crippen molar-refractivity contribution in [1.29, 1.82) is 0 Å². The van der Waals surface area contributed by atoms with E-state index < -0.39 is 5.54 Å². The molecule has 8 heteroatoms. The van der Waals surface area contributed by atoms with Crippen molar-refractivity contribution in [2.24, 2.45) is 0 Å². The van der Waals surface area contributed by atoms with Crippen molar-refractivity contribution in [1.82, 2.24) is 25.0 Å². The summed E-state index contributed by atoms with van der Waals surface area (Å²) >= 11 is 0.